The Kier molecular flexibility index (Phi) is 10.7. The predicted molar refractivity (Wildman–Crippen MR) is 179 cm³/mol. The van der Waals surface area contributed by atoms with Crippen molar-refractivity contribution in [3.05, 3.63) is 116 Å². The van der Waals surface area contributed by atoms with Crippen LogP contribution in [0.3, 0.4) is 0 Å². The highest BCUT2D eigenvalue weighted by atomic mass is 19.4. The van der Waals surface area contributed by atoms with Gasteiger partial charge in [-0.05, 0) is 48.6 Å². The van der Waals surface area contributed by atoms with Crippen LogP contribution in [-0.2, 0) is 11.8 Å². The summed E-state index contributed by atoms with van der Waals surface area (Å²) in [6.45, 7) is 0. The van der Waals surface area contributed by atoms with Crippen LogP contribution in [0.2, 0.25) is 0 Å². The molecule has 2 N–H and O–H groups in total. The zero-order chi connectivity index (χ0) is 49.3. The van der Waals surface area contributed by atoms with Crippen LogP contribution in [0.15, 0.2) is 24.3 Å². The largest absolute Gasteiger partial charge is 0.460 e. The van der Waals surface area contributed by atoms with Crippen molar-refractivity contribution >= 4 is 46.4 Å². The van der Waals surface area contributed by atoms with Gasteiger partial charge in [-0.1, -0.05) is 0 Å². The molecule has 0 spiro atoms. The Morgan fingerprint density at radius 3 is 0.864 bits per heavy atom. The molecule has 0 aliphatic carbocycles. The van der Waals surface area contributed by atoms with Crippen molar-refractivity contribution in [2.24, 2.45) is 0 Å². The van der Waals surface area contributed by atoms with Crippen molar-refractivity contribution < 1.29 is 105 Å². The van der Waals surface area contributed by atoms with Gasteiger partial charge in [0, 0.05) is 22.2 Å². The quantitative estimate of drug-likeness (QED) is 0.0991. The summed E-state index contributed by atoms with van der Waals surface area (Å²) in [6.07, 6.45) is -14.3. The standard InChI is InChI=1S/C38H10F24N4/c39-23-19(24(40)28(44)31(47)27(23)43)17-9-1-5-13(63-9)21(33(49,50)35(53,54)37(57,58)59)14-7-3-11(65-14)18(20-25(41)29(45)32(48)30(46)26(20)42)12-4-8-16(66-12)22(15-6-2-10(17)64-15)34(51,52)36(55,56)38(60,61)62/h1-8,63,65H. The van der Waals surface area contributed by atoms with E-state index in [2.05, 4.69) is 9.97 Å². The molecule has 0 saturated carbocycles. The highest BCUT2D eigenvalue weighted by Crippen LogP contribution is 2.56. The van der Waals surface area contributed by atoms with E-state index in [4.69, 9.17) is 0 Å². The second-order valence-corrected chi connectivity index (χ2v) is 13.7. The molecule has 0 unspecified atom stereocenters. The van der Waals surface area contributed by atoms with E-state index < -0.39 is 172 Å². The van der Waals surface area contributed by atoms with Crippen LogP contribution in [0, 0.1) is 58.2 Å². The van der Waals surface area contributed by atoms with Gasteiger partial charge in [-0.15, -0.1) is 0 Å². The van der Waals surface area contributed by atoms with Gasteiger partial charge < -0.3 is 9.97 Å². The van der Waals surface area contributed by atoms with E-state index in [0.717, 1.165) is 0 Å². The van der Waals surface area contributed by atoms with E-state index >= 15 is 35.1 Å². The number of alkyl halides is 14. The normalized spacial score (nSPS) is 13.9. The van der Waals surface area contributed by atoms with Crippen molar-refractivity contribution in [2.45, 2.75) is 36.0 Å². The molecule has 0 atom stereocenters. The van der Waals surface area contributed by atoms with Crippen molar-refractivity contribution in [3.63, 3.8) is 0 Å². The Labute approximate surface area is 346 Å². The smallest absolute Gasteiger partial charge is 0.354 e. The van der Waals surface area contributed by atoms with Crippen LogP contribution in [0.4, 0.5) is 105 Å². The van der Waals surface area contributed by atoms with Gasteiger partial charge in [0.05, 0.1) is 56.1 Å². The number of nitrogens with zero attached hydrogens (tertiary/aromatic N) is 2. The molecule has 2 aromatic carbocycles. The molecule has 5 aromatic rings. The van der Waals surface area contributed by atoms with Gasteiger partial charge in [0.1, 0.15) is 0 Å². The summed E-state index contributed by atoms with van der Waals surface area (Å²) >= 11 is 0. The van der Waals surface area contributed by atoms with E-state index in [-0.39, 0.29) is 48.6 Å². The lowest BCUT2D eigenvalue weighted by Crippen LogP contribution is -2.50. The molecule has 2 aliphatic heterocycles. The maximum atomic E-state index is 16.0. The highest BCUT2D eigenvalue weighted by Gasteiger charge is 2.75. The number of hydrogen-bond acceptors (Lipinski definition) is 2. The summed E-state index contributed by atoms with van der Waals surface area (Å²) in [7, 11) is 0. The number of aromatic nitrogens is 4. The van der Waals surface area contributed by atoms with Crippen molar-refractivity contribution in [1.29, 1.82) is 0 Å². The Balaban J connectivity index is 1.83. The molecule has 66 heavy (non-hydrogen) atoms. The molecule has 0 fully saturated rings. The molecule has 0 saturated heterocycles. The minimum Gasteiger partial charge on any atom is -0.354 e. The van der Waals surface area contributed by atoms with Crippen LogP contribution >= 0.6 is 0 Å². The van der Waals surface area contributed by atoms with Crippen LogP contribution in [0.5, 0.6) is 0 Å². The Morgan fingerprint density at radius 1 is 0.303 bits per heavy atom. The van der Waals surface area contributed by atoms with E-state index in [9.17, 15) is 70.2 Å². The first kappa shape index (κ1) is 47.3. The Bertz CT molecular complexity index is 2910. The number of nitrogens with one attached hydrogen (secondary N) is 2. The zero-order valence-corrected chi connectivity index (χ0v) is 30.6. The molecule has 7 rings (SSSR count). The average Bonchev–Trinajstić information content (AvgIpc) is 4.07. The molecule has 350 valence electrons. The number of benzene rings is 2. The van der Waals surface area contributed by atoms with E-state index in [1.54, 1.807) is 9.97 Å². The third kappa shape index (κ3) is 6.66. The molecule has 0 amide bonds. The number of hydrogen-bond donors (Lipinski definition) is 2. The summed E-state index contributed by atoms with van der Waals surface area (Å²) in [5.41, 5.74) is -26.8. The van der Waals surface area contributed by atoms with E-state index in [1.807, 2.05) is 0 Å². The fourth-order valence-corrected chi connectivity index (χ4v) is 6.71. The fraction of sp³-hybridized carbons (Fsp3) is 0.158. The van der Waals surface area contributed by atoms with Crippen LogP contribution in [-0.4, -0.2) is 44.1 Å². The number of aromatic amines is 2. The number of halogens is 24. The second-order valence-electron chi connectivity index (χ2n) is 13.7. The first-order valence-corrected chi connectivity index (χ1v) is 17.1. The van der Waals surface area contributed by atoms with Gasteiger partial charge in [0.2, 0.25) is 11.6 Å². The summed E-state index contributed by atoms with van der Waals surface area (Å²) < 4.78 is 354. The summed E-state index contributed by atoms with van der Waals surface area (Å²) in [4.78, 5) is 9.77. The zero-order valence-electron chi connectivity index (χ0n) is 30.6. The summed E-state index contributed by atoms with van der Waals surface area (Å²) in [5, 5.41) is 0. The predicted octanol–water partition coefficient (Wildman–Crippen LogP) is 14.0. The monoisotopic (exact) mass is 978 g/mol. The molecule has 4 nitrogen and oxygen atoms in total. The van der Waals surface area contributed by atoms with E-state index in [0.29, 0.717) is 0 Å². The second kappa shape index (κ2) is 14.9. The highest BCUT2D eigenvalue weighted by molar-refractivity contribution is 5.95. The van der Waals surface area contributed by atoms with Crippen molar-refractivity contribution in [1.82, 2.24) is 19.9 Å². The molecule has 3 aromatic heterocycles. The van der Waals surface area contributed by atoms with E-state index in [1.165, 1.54) is 0 Å². The number of fused-ring (bicyclic) bond motifs is 8. The maximum absolute atomic E-state index is 16.0. The number of rotatable bonds is 6. The van der Waals surface area contributed by atoms with Gasteiger partial charge in [0.25, 0.3) is 0 Å². The lowest BCUT2D eigenvalue weighted by Gasteiger charge is -2.29. The van der Waals surface area contributed by atoms with Crippen LogP contribution < -0.4 is 0 Å². The molecular formula is C38H10F24N4. The van der Waals surface area contributed by atoms with Crippen molar-refractivity contribution in [3.8, 4) is 22.3 Å². The SMILES string of the molecule is Fc1c(F)c(F)c(-c2c3nc(c(C(F)(F)C(F)(F)C(F)(F)F)c4nc(c(-c5c(F)c(F)c(F)c(F)c5F)c5ccc([nH]5)c(C(F)(F)C(F)(F)C(F)(F)F)c5ccc2[nH]5)C=C4)C=C3)c(F)c1F. The molecular weight excluding hydrogens is 968 g/mol. The summed E-state index contributed by atoms with van der Waals surface area (Å²) in [5.74, 6) is -56.6. The molecule has 0 radical (unpaired) electrons. The van der Waals surface area contributed by atoms with Gasteiger partial charge in [-0.3, -0.25) is 0 Å². The lowest BCUT2D eigenvalue weighted by atomic mass is 9.98. The first-order chi connectivity index (χ1) is 30.2. The molecule has 5 heterocycles. The Morgan fingerprint density at radius 2 is 0.561 bits per heavy atom. The van der Waals surface area contributed by atoms with Crippen LogP contribution in [0.25, 0.3) is 68.6 Å². The lowest BCUT2D eigenvalue weighted by molar-refractivity contribution is -0.359. The topological polar surface area (TPSA) is 57.4 Å². The average molecular weight is 978 g/mol. The first-order valence-electron chi connectivity index (χ1n) is 17.1. The van der Waals surface area contributed by atoms with Crippen molar-refractivity contribution in [2.75, 3.05) is 0 Å². The fourth-order valence-electron chi connectivity index (χ4n) is 6.71. The molecule has 8 bridgehead atoms. The summed E-state index contributed by atoms with van der Waals surface area (Å²) in [6, 6.07) is 0.368. The number of H-pyrrole nitrogens is 2. The molecule has 2 aliphatic rings. The third-order valence-corrected chi connectivity index (χ3v) is 9.80. The minimum absolute atomic E-state index is 0.0193. The van der Waals surface area contributed by atoms with Gasteiger partial charge >= 0.3 is 36.0 Å². The maximum Gasteiger partial charge on any atom is 0.460 e. The molecule has 28 heteroatoms. The van der Waals surface area contributed by atoms with Crippen LogP contribution in [0.1, 0.15) is 33.9 Å². The minimum atomic E-state index is -7.23. The van der Waals surface area contributed by atoms with Gasteiger partial charge in [-0.2, -0.15) is 61.5 Å². The van der Waals surface area contributed by atoms with Gasteiger partial charge in [-0.25, -0.2) is 53.9 Å². The van der Waals surface area contributed by atoms with Gasteiger partial charge in [0.15, 0.2) is 46.5 Å². The third-order valence-electron chi connectivity index (χ3n) is 9.80. The Hall–Kier alpha value is -6.64.